The lowest BCUT2D eigenvalue weighted by Gasteiger charge is -2.25. The number of hydrogen-bond donors (Lipinski definition) is 1. The molecule has 6 nitrogen and oxygen atoms in total. The molecule has 0 spiro atoms. The second-order valence-corrected chi connectivity index (χ2v) is 9.34. The molecule has 1 fully saturated rings. The lowest BCUT2D eigenvalue weighted by atomic mass is 9.80. The zero-order valence-electron chi connectivity index (χ0n) is 17.0. The van der Waals surface area contributed by atoms with E-state index in [9.17, 15) is 4.21 Å². The van der Waals surface area contributed by atoms with Gasteiger partial charge in [0.1, 0.15) is 12.0 Å². The molecule has 0 radical (unpaired) electrons. The Morgan fingerprint density at radius 1 is 1.21 bits per heavy atom. The topological polar surface area (TPSA) is 83.0 Å². The van der Waals surface area contributed by atoms with Gasteiger partial charge < -0.3 is 4.57 Å². The van der Waals surface area contributed by atoms with Crippen LogP contribution in [0.5, 0.6) is 0 Å². The predicted octanol–water partition coefficient (Wildman–Crippen LogP) is 3.85. The molecule has 0 saturated heterocycles. The summed E-state index contributed by atoms with van der Waals surface area (Å²) >= 11 is -1.69. The van der Waals surface area contributed by atoms with E-state index in [0.29, 0.717) is 18.6 Å². The second kappa shape index (κ2) is 8.34. The van der Waals surface area contributed by atoms with Gasteiger partial charge in [-0.15, -0.1) is 0 Å². The van der Waals surface area contributed by atoms with E-state index in [1.807, 2.05) is 6.07 Å². The average molecular weight is 413 g/mol. The Bertz CT molecular complexity index is 1000. The molecule has 0 aliphatic heterocycles. The van der Waals surface area contributed by atoms with Gasteiger partial charge in [-0.1, -0.05) is 44.2 Å². The molecule has 29 heavy (non-hydrogen) atoms. The summed E-state index contributed by atoms with van der Waals surface area (Å²) < 4.78 is 18.4. The maximum atomic E-state index is 11.0. The molecule has 1 aliphatic rings. The number of fused-ring (bicyclic) bond motifs is 1. The standard InChI is InChI=1S/C22H28N4O2S/c1-22(2,17-6-4-3-5-7-17)13-20-19-10-11-26(21(19)25-15-24-20)18-9-8-16(12-18)14-28-29(23)27/h3-7,10-11,15-16,18H,8-9,12-14,23H2,1-2H3/t16-,18-,29?/m0/s1. The Kier molecular flexibility index (Phi) is 5.81. The first kappa shape index (κ1) is 20.2. The molecule has 3 atom stereocenters. The molecule has 0 bridgehead atoms. The first-order chi connectivity index (χ1) is 13.9. The minimum absolute atomic E-state index is 0.0156. The number of hydrogen-bond acceptors (Lipinski definition) is 4. The first-order valence-electron chi connectivity index (χ1n) is 10.1. The van der Waals surface area contributed by atoms with E-state index in [4.69, 9.17) is 9.32 Å². The summed E-state index contributed by atoms with van der Waals surface area (Å²) in [7, 11) is 0. The first-order valence-corrected chi connectivity index (χ1v) is 11.2. The smallest absolute Gasteiger partial charge is 0.231 e. The quantitative estimate of drug-likeness (QED) is 0.639. The van der Waals surface area contributed by atoms with Crippen molar-refractivity contribution in [1.82, 2.24) is 14.5 Å². The van der Waals surface area contributed by atoms with Crippen molar-refractivity contribution in [3.8, 4) is 0 Å². The third kappa shape index (κ3) is 4.42. The summed E-state index contributed by atoms with van der Waals surface area (Å²) in [6.07, 6.45) is 7.75. The van der Waals surface area contributed by atoms with Crippen molar-refractivity contribution in [1.29, 1.82) is 0 Å². The van der Waals surface area contributed by atoms with E-state index < -0.39 is 11.3 Å². The fourth-order valence-electron chi connectivity index (χ4n) is 4.48. The van der Waals surface area contributed by atoms with Crippen molar-refractivity contribution < 1.29 is 8.39 Å². The fraction of sp³-hybridized carbons (Fsp3) is 0.455. The Labute approximate surface area is 174 Å². The highest BCUT2D eigenvalue weighted by Crippen LogP contribution is 2.37. The highest BCUT2D eigenvalue weighted by atomic mass is 32.2. The second-order valence-electron chi connectivity index (χ2n) is 8.59. The highest BCUT2D eigenvalue weighted by Gasteiger charge is 2.29. The molecule has 1 aliphatic carbocycles. The van der Waals surface area contributed by atoms with Gasteiger partial charge in [-0.25, -0.2) is 19.3 Å². The molecule has 1 saturated carbocycles. The van der Waals surface area contributed by atoms with Crippen molar-refractivity contribution in [2.45, 2.75) is 51.0 Å². The lowest BCUT2D eigenvalue weighted by Crippen LogP contribution is -2.21. The Hall–Kier alpha value is -2.09. The molecule has 154 valence electrons. The zero-order chi connectivity index (χ0) is 20.4. The maximum Gasteiger partial charge on any atom is 0.231 e. The number of nitrogens with two attached hydrogens (primary N) is 1. The fourth-order valence-corrected chi connectivity index (χ4v) is 4.81. The van der Waals surface area contributed by atoms with E-state index in [1.165, 1.54) is 5.56 Å². The van der Waals surface area contributed by atoms with Crippen LogP contribution in [0.15, 0.2) is 48.9 Å². The van der Waals surface area contributed by atoms with Gasteiger partial charge >= 0.3 is 0 Å². The minimum atomic E-state index is -1.69. The molecule has 1 aromatic carbocycles. The molecule has 0 amide bonds. The summed E-state index contributed by atoms with van der Waals surface area (Å²) in [5.41, 5.74) is 3.37. The highest BCUT2D eigenvalue weighted by molar-refractivity contribution is 7.77. The summed E-state index contributed by atoms with van der Waals surface area (Å²) in [6, 6.07) is 13.1. The molecule has 2 heterocycles. The van der Waals surface area contributed by atoms with Crippen molar-refractivity contribution in [2.75, 3.05) is 6.61 Å². The minimum Gasteiger partial charge on any atom is -0.329 e. The number of rotatable bonds is 7. The van der Waals surface area contributed by atoms with Crippen LogP contribution >= 0.6 is 0 Å². The summed E-state index contributed by atoms with van der Waals surface area (Å²) in [4.78, 5) is 9.23. The van der Waals surface area contributed by atoms with Crippen LogP contribution in [0.25, 0.3) is 11.0 Å². The molecule has 2 aromatic heterocycles. The normalized spacial score (nSPS) is 20.9. The van der Waals surface area contributed by atoms with Crippen LogP contribution in [0.3, 0.4) is 0 Å². The molecule has 1 unspecified atom stereocenters. The van der Waals surface area contributed by atoms with Gasteiger partial charge in [-0.3, -0.25) is 4.18 Å². The Morgan fingerprint density at radius 3 is 2.76 bits per heavy atom. The van der Waals surface area contributed by atoms with Gasteiger partial charge in [-0.2, -0.15) is 0 Å². The van der Waals surface area contributed by atoms with Crippen LogP contribution in [-0.2, 0) is 27.3 Å². The third-order valence-corrected chi connectivity index (χ3v) is 6.45. The number of nitrogens with zero attached hydrogens (tertiary/aromatic N) is 3. The monoisotopic (exact) mass is 412 g/mol. The van der Waals surface area contributed by atoms with Gasteiger partial charge in [-0.05, 0) is 48.6 Å². The van der Waals surface area contributed by atoms with Gasteiger partial charge in [0, 0.05) is 17.6 Å². The largest absolute Gasteiger partial charge is 0.329 e. The van der Waals surface area contributed by atoms with Crippen LogP contribution in [0.4, 0.5) is 0 Å². The maximum absolute atomic E-state index is 11.0. The lowest BCUT2D eigenvalue weighted by molar-refractivity contribution is 0.271. The van der Waals surface area contributed by atoms with E-state index >= 15 is 0 Å². The van der Waals surface area contributed by atoms with Gasteiger partial charge in [0.15, 0.2) is 0 Å². The number of benzene rings is 1. The molecule has 3 aromatic rings. The van der Waals surface area contributed by atoms with Gasteiger partial charge in [0.05, 0.1) is 12.3 Å². The summed E-state index contributed by atoms with van der Waals surface area (Å²) in [5, 5.41) is 6.34. The van der Waals surface area contributed by atoms with Crippen molar-refractivity contribution in [3.05, 3.63) is 60.2 Å². The van der Waals surface area contributed by atoms with Gasteiger partial charge in [0.2, 0.25) is 11.3 Å². The average Bonchev–Trinajstić information content (AvgIpc) is 3.34. The van der Waals surface area contributed by atoms with E-state index in [-0.39, 0.29) is 5.41 Å². The molecule has 4 rings (SSSR count). The van der Waals surface area contributed by atoms with Crippen LogP contribution in [0.1, 0.15) is 50.4 Å². The van der Waals surface area contributed by atoms with Crippen LogP contribution in [0, 0.1) is 5.92 Å². The van der Waals surface area contributed by atoms with Gasteiger partial charge in [0.25, 0.3) is 0 Å². The van der Waals surface area contributed by atoms with E-state index in [0.717, 1.165) is 42.4 Å². The summed E-state index contributed by atoms with van der Waals surface area (Å²) in [6.45, 7) is 4.97. The van der Waals surface area contributed by atoms with E-state index in [2.05, 4.69) is 64.9 Å². The zero-order valence-corrected chi connectivity index (χ0v) is 17.8. The third-order valence-electron chi connectivity index (χ3n) is 6.08. The number of aromatic nitrogens is 3. The van der Waals surface area contributed by atoms with Crippen LogP contribution in [-0.4, -0.2) is 25.4 Å². The summed E-state index contributed by atoms with van der Waals surface area (Å²) in [5.74, 6) is 0.378. The SMILES string of the molecule is CC(C)(Cc1ncnc2c1ccn2[C@H]1CC[C@H](COS(N)=O)C1)c1ccccc1. The molecule has 7 heteroatoms. The van der Waals surface area contributed by atoms with Crippen molar-refractivity contribution >= 4 is 22.3 Å². The predicted molar refractivity (Wildman–Crippen MR) is 115 cm³/mol. The van der Waals surface area contributed by atoms with Crippen LogP contribution < -0.4 is 5.14 Å². The Balaban J connectivity index is 1.55. The Morgan fingerprint density at radius 2 is 2.00 bits per heavy atom. The van der Waals surface area contributed by atoms with E-state index in [1.54, 1.807) is 6.33 Å². The molecular formula is C22H28N4O2S. The van der Waals surface area contributed by atoms with Crippen LogP contribution in [0.2, 0.25) is 0 Å². The molecule has 2 N–H and O–H groups in total. The molecular weight excluding hydrogens is 384 g/mol. The van der Waals surface area contributed by atoms with Crippen molar-refractivity contribution in [2.24, 2.45) is 11.1 Å². The van der Waals surface area contributed by atoms with Crippen molar-refractivity contribution in [3.63, 3.8) is 0 Å².